The molecule has 2 aromatic heterocycles. The van der Waals surface area contributed by atoms with Crippen LogP contribution in [-0.4, -0.2) is 43.6 Å². The van der Waals surface area contributed by atoms with Crippen LogP contribution in [0.4, 0.5) is 0 Å². The highest BCUT2D eigenvalue weighted by atomic mass is 35.5. The highest BCUT2D eigenvalue weighted by Crippen LogP contribution is 2.29. The van der Waals surface area contributed by atoms with E-state index in [9.17, 15) is 13.2 Å². The van der Waals surface area contributed by atoms with Crippen molar-refractivity contribution in [2.45, 2.75) is 39.0 Å². The number of hydrogen-bond acceptors (Lipinski definition) is 7. The van der Waals surface area contributed by atoms with Crippen LogP contribution in [0.15, 0.2) is 33.5 Å². The van der Waals surface area contributed by atoms with Gasteiger partial charge in [0.1, 0.15) is 0 Å². The van der Waals surface area contributed by atoms with Gasteiger partial charge in [0, 0.05) is 18.5 Å². The van der Waals surface area contributed by atoms with E-state index in [0.29, 0.717) is 22.3 Å². The van der Waals surface area contributed by atoms with Crippen LogP contribution in [0.3, 0.4) is 0 Å². The molecule has 0 radical (unpaired) electrons. The van der Waals surface area contributed by atoms with Gasteiger partial charge < -0.3 is 10.5 Å². The predicted molar refractivity (Wildman–Crippen MR) is 131 cm³/mol. The third-order valence-corrected chi connectivity index (χ3v) is 8.58. The minimum Gasteiger partial charge on any atom is -0.406 e. The van der Waals surface area contributed by atoms with Crippen LogP contribution in [0.1, 0.15) is 48.7 Å². The summed E-state index contributed by atoms with van der Waals surface area (Å²) in [4.78, 5) is 16.6. The molecule has 1 saturated heterocycles. The summed E-state index contributed by atoms with van der Waals surface area (Å²) in [6.07, 6.45) is 0.986. The molecule has 0 bridgehead atoms. The summed E-state index contributed by atoms with van der Waals surface area (Å²) >= 11 is 7.91. The second-order valence-corrected chi connectivity index (χ2v) is 11.8. The molecule has 0 aliphatic carbocycles. The van der Waals surface area contributed by atoms with Crippen LogP contribution in [0.2, 0.25) is 4.34 Å². The van der Waals surface area contributed by atoms with Crippen molar-refractivity contribution in [1.29, 1.82) is 5.41 Å². The number of aliphatic imine (C=N–C) groups is 1. The molecule has 1 aliphatic heterocycles. The topological polar surface area (TPSA) is 126 Å². The fourth-order valence-electron chi connectivity index (χ4n) is 3.29. The standard InChI is InChI=1S/C18H21ClN4O4S3.C2H6/c1-10-5-11(2)8-23(7-10)30(25,26)12-6-14(28-9-12)17(24)22-18(21)27-16(20)13-3-4-15(19)29-13;1-2/h3-4,6,9-11,20H,5,7-8H2,1-2H3,(H2,21,22,24);1-2H3/t10-,11+;. The molecule has 3 heterocycles. The maximum absolute atomic E-state index is 12.9. The van der Waals surface area contributed by atoms with Gasteiger partial charge in [-0.2, -0.15) is 9.30 Å². The predicted octanol–water partition coefficient (Wildman–Crippen LogP) is 4.65. The lowest BCUT2D eigenvalue weighted by molar-refractivity contribution is 0.100. The van der Waals surface area contributed by atoms with Crippen molar-refractivity contribution in [3.8, 4) is 0 Å². The first-order chi connectivity index (χ1) is 15.1. The smallest absolute Gasteiger partial charge is 0.297 e. The molecule has 0 saturated carbocycles. The maximum atomic E-state index is 12.9. The van der Waals surface area contributed by atoms with E-state index >= 15 is 0 Å². The van der Waals surface area contributed by atoms with Crippen molar-refractivity contribution in [3.63, 3.8) is 0 Å². The number of rotatable bonds is 4. The molecule has 3 N–H and O–H groups in total. The monoisotopic (exact) mass is 518 g/mol. The van der Waals surface area contributed by atoms with Gasteiger partial charge in [-0.1, -0.05) is 39.3 Å². The molecular weight excluding hydrogens is 492 g/mol. The molecule has 0 aromatic carbocycles. The highest BCUT2D eigenvalue weighted by molar-refractivity contribution is 7.89. The Morgan fingerprint density at radius 1 is 1.25 bits per heavy atom. The fourth-order valence-corrected chi connectivity index (χ4v) is 7.04. The largest absolute Gasteiger partial charge is 0.406 e. The second-order valence-electron chi connectivity index (χ2n) is 7.20. The minimum atomic E-state index is -3.69. The highest BCUT2D eigenvalue weighted by Gasteiger charge is 2.32. The van der Waals surface area contributed by atoms with Gasteiger partial charge >= 0.3 is 0 Å². The molecule has 12 heteroatoms. The number of halogens is 1. The van der Waals surface area contributed by atoms with Crippen LogP contribution in [-0.2, 0) is 14.8 Å². The van der Waals surface area contributed by atoms with E-state index in [-0.39, 0.29) is 27.5 Å². The first-order valence-electron chi connectivity index (χ1n) is 10.1. The van der Waals surface area contributed by atoms with E-state index in [2.05, 4.69) is 4.99 Å². The summed E-state index contributed by atoms with van der Waals surface area (Å²) < 4.78 is 32.9. The average Bonchev–Trinajstić information content (AvgIpc) is 3.38. The number of nitrogens with one attached hydrogen (secondary N) is 1. The van der Waals surface area contributed by atoms with Gasteiger partial charge in [-0.3, -0.25) is 10.2 Å². The Balaban J connectivity index is 0.00000176. The lowest BCUT2D eigenvalue weighted by Gasteiger charge is -2.33. The van der Waals surface area contributed by atoms with Crippen LogP contribution in [0.25, 0.3) is 0 Å². The van der Waals surface area contributed by atoms with Crippen molar-refractivity contribution in [2.24, 2.45) is 22.6 Å². The molecule has 2 aromatic rings. The van der Waals surface area contributed by atoms with E-state index in [4.69, 9.17) is 27.5 Å². The summed E-state index contributed by atoms with van der Waals surface area (Å²) in [6.45, 7) is 8.97. The number of ether oxygens (including phenoxy) is 1. The number of sulfonamides is 1. The molecule has 32 heavy (non-hydrogen) atoms. The Bertz CT molecular complexity index is 1080. The normalized spacial score (nSPS) is 19.7. The number of amides is 1. The van der Waals surface area contributed by atoms with E-state index in [1.807, 2.05) is 27.7 Å². The molecule has 1 aliphatic rings. The molecule has 1 amide bonds. The first-order valence-corrected chi connectivity index (χ1v) is 13.6. The zero-order valence-corrected chi connectivity index (χ0v) is 21.5. The number of nitrogens with zero attached hydrogens (tertiary/aromatic N) is 2. The number of carbonyl (C=O) groups is 1. The van der Waals surface area contributed by atoms with Crippen LogP contribution >= 0.6 is 34.3 Å². The van der Waals surface area contributed by atoms with Gasteiger partial charge in [-0.25, -0.2) is 8.42 Å². The number of nitrogens with two attached hydrogens (primary N) is 1. The molecule has 176 valence electrons. The maximum Gasteiger partial charge on any atom is 0.297 e. The molecule has 2 atom stereocenters. The second kappa shape index (κ2) is 11.4. The summed E-state index contributed by atoms with van der Waals surface area (Å²) in [5, 5.41) is 9.25. The van der Waals surface area contributed by atoms with E-state index in [1.165, 1.54) is 15.8 Å². The van der Waals surface area contributed by atoms with Crippen LogP contribution in [0, 0.1) is 17.2 Å². The number of piperidine rings is 1. The van der Waals surface area contributed by atoms with Crippen molar-refractivity contribution in [1.82, 2.24) is 4.31 Å². The minimum absolute atomic E-state index is 0.0628. The molecule has 8 nitrogen and oxygen atoms in total. The summed E-state index contributed by atoms with van der Waals surface area (Å²) in [7, 11) is -3.69. The van der Waals surface area contributed by atoms with E-state index < -0.39 is 22.0 Å². The lowest BCUT2D eigenvalue weighted by atomic mass is 9.94. The SMILES string of the molecule is CC.C[C@@H]1C[C@H](C)CN(S(=O)(=O)c2csc(C(=O)N=C(N)OC(=N)c3ccc(Cl)s3)c2)C1. The number of thiophene rings is 2. The molecular formula is C20H27ClN4O4S3. The molecule has 0 unspecified atom stereocenters. The van der Waals surface area contributed by atoms with Crippen molar-refractivity contribution in [3.05, 3.63) is 37.7 Å². The summed E-state index contributed by atoms with van der Waals surface area (Å²) in [5.41, 5.74) is 5.61. The Hall–Kier alpha value is -1.79. The van der Waals surface area contributed by atoms with Gasteiger partial charge in [-0.05, 0) is 36.5 Å². The third kappa shape index (κ3) is 6.61. The molecule has 0 spiro atoms. The zero-order chi connectivity index (χ0) is 24.1. The van der Waals surface area contributed by atoms with Gasteiger partial charge in [0.05, 0.1) is 19.0 Å². The van der Waals surface area contributed by atoms with Gasteiger partial charge in [0.15, 0.2) is 0 Å². The molecule has 3 rings (SSSR count). The van der Waals surface area contributed by atoms with Crippen LogP contribution in [0.5, 0.6) is 0 Å². The van der Waals surface area contributed by atoms with Crippen LogP contribution < -0.4 is 5.73 Å². The number of amidine groups is 1. The number of hydrogen-bond donors (Lipinski definition) is 2. The van der Waals surface area contributed by atoms with Crippen molar-refractivity contribution < 1.29 is 17.9 Å². The summed E-state index contributed by atoms with van der Waals surface area (Å²) in [5.74, 6) is -0.475. The average molecular weight is 519 g/mol. The Morgan fingerprint density at radius 2 is 1.88 bits per heavy atom. The van der Waals surface area contributed by atoms with Gasteiger partial charge in [0.25, 0.3) is 11.9 Å². The quantitative estimate of drug-likeness (QED) is 0.450. The van der Waals surface area contributed by atoms with Crippen molar-refractivity contribution >= 4 is 62.1 Å². The lowest BCUT2D eigenvalue weighted by Crippen LogP contribution is -2.42. The van der Waals surface area contributed by atoms with E-state index in [0.717, 1.165) is 29.1 Å². The fraction of sp³-hybridized carbons (Fsp3) is 0.450. The van der Waals surface area contributed by atoms with Gasteiger partial charge in [-0.15, -0.1) is 22.7 Å². The summed E-state index contributed by atoms with van der Waals surface area (Å²) in [6, 6.07) is 3.98. The van der Waals surface area contributed by atoms with Crippen molar-refractivity contribution in [2.75, 3.05) is 13.1 Å². The Labute approximate surface area is 201 Å². The Kier molecular flexibility index (Phi) is 9.40. The molecule has 1 fully saturated rings. The number of carbonyl (C=O) groups excluding carboxylic acids is 1. The third-order valence-electron chi connectivity index (χ3n) is 4.47. The van der Waals surface area contributed by atoms with Gasteiger partial charge in [0.2, 0.25) is 15.9 Å². The van der Waals surface area contributed by atoms with E-state index in [1.54, 1.807) is 12.1 Å². The zero-order valence-electron chi connectivity index (χ0n) is 18.3. The Morgan fingerprint density at radius 3 is 2.44 bits per heavy atom. The first kappa shape index (κ1) is 26.5.